The third kappa shape index (κ3) is 7.20. The lowest BCUT2D eigenvalue weighted by Crippen LogP contribution is -2.53. The monoisotopic (exact) mass is 475 g/mol. The van der Waals surface area contributed by atoms with Crippen LogP contribution in [0, 0.1) is 5.82 Å². The first kappa shape index (κ1) is 24.5. The van der Waals surface area contributed by atoms with Crippen molar-refractivity contribution >= 4 is 29.1 Å². The molecule has 1 aliphatic carbocycles. The second-order valence-corrected chi connectivity index (χ2v) is 8.69. The van der Waals surface area contributed by atoms with Gasteiger partial charge >= 0.3 is 0 Å². The zero-order chi connectivity index (χ0) is 24.0. The third-order valence-electron chi connectivity index (χ3n) is 4.97. The van der Waals surface area contributed by atoms with Crippen molar-refractivity contribution in [2.24, 2.45) is 0 Å². The van der Waals surface area contributed by atoms with E-state index in [1.54, 1.807) is 6.08 Å². The van der Waals surface area contributed by atoms with Crippen LogP contribution in [0.5, 0.6) is 5.75 Å². The molecule has 2 N–H and O–H groups in total. The summed E-state index contributed by atoms with van der Waals surface area (Å²) in [4.78, 5) is 26.3. The molecule has 0 spiro atoms. The van der Waals surface area contributed by atoms with Crippen molar-refractivity contribution in [2.45, 2.75) is 25.5 Å². The Kier molecular flexibility index (Phi) is 7.94. The topological polar surface area (TPSA) is 79.9 Å². The molecule has 9 heteroatoms. The third-order valence-corrected chi connectivity index (χ3v) is 5.27. The number of rotatable bonds is 10. The van der Waals surface area contributed by atoms with Crippen molar-refractivity contribution in [1.82, 2.24) is 10.6 Å². The molecule has 176 valence electrons. The van der Waals surface area contributed by atoms with E-state index in [0.29, 0.717) is 18.7 Å². The maximum Gasteiger partial charge on any atom is 0.258 e. The molecule has 0 radical (unpaired) electrons. The van der Waals surface area contributed by atoms with E-state index in [2.05, 4.69) is 10.6 Å². The SMILES string of the molecule is CN(C)c1cccc(COCC(=O)NC2=CC(C)(NC(=O)COc3ccc(Cl)c(F)c3)C2)c1. The number of hydrogen-bond acceptors (Lipinski definition) is 5. The van der Waals surface area contributed by atoms with Crippen LogP contribution >= 0.6 is 11.6 Å². The van der Waals surface area contributed by atoms with Crippen molar-refractivity contribution in [3.05, 3.63) is 70.6 Å². The molecule has 0 saturated heterocycles. The van der Waals surface area contributed by atoms with E-state index >= 15 is 0 Å². The largest absolute Gasteiger partial charge is 0.484 e. The molecular weight excluding hydrogens is 449 g/mol. The Bertz CT molecular complexity index is 1060. The van der Waals surface area contributed by atoms with E-state index in [1.807, 2.05) is 50.2 Å². The van der Waals surface area contributed by atoms with Crippen LogP contribution < -0.4 is 20.3 Å². The molecule has 0 saturated carbocycles. The highest BCUT2D eigenvalue weighted by atomic mass is 35.5. The minimum absolute atomic E-state index is 0.0163. The maximum absolute atomic E-state index is 13.4. The van der Waals surface area contributed by atoms with Gasteiger partial charge in [-0.3, -0.25) is 9.59 Å². The van der Waals surface area contributed by atoms with Crippen LogP contribution in [0.3, 0.4) is 0 Å². The predicted octanol–water partition coefficient (Wildman–Crippen LogP) is 3.42. The quantitative estimate of drug-likeness (QED) is 0.550. The molecule has 3 rings (SSSR count). The molecule has 0 bridgehead atoms. The molecule has 2 aromatic rings. The second kappa shape index (κ2) is 10.7. The van der Waals surface area contributed by atoms with Crippen LogP contribution in [0.2, 0.25) is 5.02 Å². The van der Waals surface area contributed by atoms with Gasteiger partial charge in [0.1, 0.15) is 18.2 Å². The van der Waals surface area contributed by atoms with Crippen molar-refractivity contribution in [3.8, 4) is 5.75 Å². The standard InChI is InChI=1S/C24H27ClFN3O4/c1-24(28-23(31)15-33-19-7-8-20(25)21(26)10-19)11-17(12-24)27-22(30)14-32-13-16-5-4-6-18(9-16)29(2)3/h4-11H,12-15H2,1-3H3,(H,27,30)(H,28,31). The molecular formula is C24H27ClFN3O4. The van der Waals surface area contributed by atoms with Gasteiger partial charge in [-0.2, -0.15) is 0 Å². The van der Waals surface area contributed by atoms with Gasteiger partial charge in [0.05, 0.1) is 17.2 Å². The summed E-state index contributed by atoms with van der Waals surface area (Å²) in [5, 5.41) is 5.59. The van der Waals surface area contributed by atoms with Gasteiger partial charge in [0.15, 0.2) is 6.61 Å². The van der Waals surface area contributed by atoms with Crippen LogP contribution in [-0.4, -0.2) is 44.7 Å². The average Bonchev–Trinajstić information content (AvgIpc) is 2.73. The molecule has 2 aromatic carbocycles. The lowest BCUT2D eigenvalue weighted by molar-refractivity contribution is -0.125. The number of halogens is 2. The van der Waals surface area contributed by atoms with Gasteiger partial charge in [-0.05, 0) is 42.8 Å². The fraction of sp³-hybridized carbons (Fsp3) is 0.333. The summed E-state index contributed by atoms with van der Waals surface area (Å²) < 4.78 is 24.2. The summed E-state index contributed by atoms with van der Waals surface area (Å²) in [5.41, 5.74) is 2.16. The molecule has 0 aromatic heterocycles. The van der Waals surface area contributed by atoms with Gasteiger partial charge in [-0.25, -0.2) is 4.39 Å². The number of anilines is 1. The molecule has 1 aliphatic rings. The number of carbonyl (C=O) groups is 2. The highest BCUT2D eigenvalue weighted by Gasteiger charge is 2.34. The predicted molar refractivity (Wildman–Crippen MR) is 125 cm³/mol. The molecule has 1 atom stereocenters. The molecule has 0 heterocycles. The van der Waals surface area contributed by atoms with E-state index in [9.17, 15) is 14.0 Å². The molecule has 0 fully saturated rings. The van der Waals surface area contributed by atoms with Crippen LogP contribution in [0.25, 0.3) is 0 Å². The highest BCUT2D eigenvalue weighted by molar-refractivity contribution is 6.30. The van der Waals surface area contributed by atoms with Crippen LogP contribution in [0.1, 0.15) is 18.9 Å². The highest BCUT2D eigenvalue weighted by Crippen LogP contribution is 2.28. The minimum Gasteiger partial charge on any atom is -0.484 e. The van der Waals surface area contributed by atoms with Gasteiger partial charge < -0.3 is 25.0 Å². The Morgan fingerprint density at radius 3 is 2.61 bits per heavy atom. The Balaban J connectivity index is 1.38. The normalized spacial score (nSPS) is 16.9. The van der Waals surface area contributed by atoms with Gasteiger partial charge in [-0.15, -0.1) is 0 Å². The van der Waals surface area contributed by atoms with Crippen LogP contribution in [-0.2, 0) is 20.9 Å². The van der Waals surface area contributed by atoms with E-state index in [0.717, 1.165) is 17.3 Å². The summed E-state index contributed by atoms with van der Waals surface area (Å²) in [6.45, 7) is 1.82. The summed E-state index contributed by atoms with van der Waals surface area (Å²) in [5.74, 6) is -1.03. The lowest BCUT2D eigenvalue weighted by Gasteiger charge is -2.37. The van der Waals surface area contributed by atoms with Gasteiger partial charge in [0.2, 0.25) is 5.91 Å². The van der Waals surface area contributed by atoms with Crippen LogP contribution in [0.4, 0.5) is 10.1 Å². The molecule has 33 heavy (non-hydrogen) atoms. The zero-order valence-corrected chi connectivity index (χ0v) is 19.5. The van der Waals surface area contributed by atoms with Crippen molar-refractivity contribution in [1.29, 1.82) is 0 Å². The van der Waals surface area contributed by atoms with Gasteiger partial charge in [0, 0.05) is 38.0 Å². The Morgan fingerprint density at radius 2 is 1.91 bits per heavy atom. The number of nitrogens with zero attached hydrogens (tertiary/aromatic N) is 1. The van der Waals surface area contributed by atoms with Crippen molar-refractivity contribution in [3.63, 3.8) is 0 Å². The second-order valence-electron chi connectivity index (χ2n) is 8.28. The van der Waals surface area contributed by atoms with E-state index in [1.165, 1.54) is 12.1 Å². The molecule has 0 aliphatic heterocycles. The summed E-state index contributed by atoms with van der Waals surface area (Å²) in [6, 6.07) is 11.9. The van der Waals surface area contributed by atoms with Crippen LogP contribution in [0.15, 0.2) is 54.2 Å². The number of benzene rings is 2. The lowest BCUT2D eigenvalue weighted by atomic mass is 9.84. The average molecular weight is 476 g/mol. The summed E-state index contributed by atoms with van der Waals surface area (Å²) in [7, 11) is 3.92. The summed E-state index contributed by atoms with van der Waals surface area (Å²) >= 11 is 5.62. The first-order chi connectivity index (χ1) is 15.6. The molecule has 1 unspecified atom stereocenters. The fourth-order valence-electron chi connectivity index (χ4n) is 3.38. The van der Waals surface area contributed by atoms with Crippen molar-refractivity contribution in [2.75, 3.05) is 32.2 Å². The Labute approximate surface area is 197 Å². The first-order valence-corrected chi connectivity index (χ1v) is 10.8. The Hall–Kier alpha value is -3.10. The van der Waals surface area contributed by atoms with Crippen molar-refractivity contribution < 1.29 is 23.5 Å². The Morgan fingerprint density at radius 1 is 1.15 bits per heavy atom. The smallest absolute Gasteiger partial charge is 0.258 e. The van der Waals surface area contributed by atoms with Gasteiger partial charge in [-0.1, -0.05) is 23.7 Å². The summed E-state index contributed by atoms with van der Waals surface area (Å²) in [6.07, 6.45) is 2.23. The minimum atomic E-state index is -0.616. The number of amides is 2. The number of hydrogen-bond donors (Lipinski definition) is 2. The fourth-order valence-corrected chi connectivity index (χ4v) is 3.50. The number of carbonyl (C=O) groups excluding carboxylic acids is 2. The van der Waals surface area contributed by atoms with E-state index in [-0.39, 0.29) is 35.8 Å². The van der Waals surface area contributed by atoms with E-state index < -0.39 is 11.4 Å². The first-order valence-electron chi connectivity index (χ1n) is 10.4. The van der Waals surface area contributed by atoms with E-state index in [4.69, 9.17) is 21.1 Å². The van der Waals surface area contributed by atoms with Gasteiger partial charge in [0.25, 0.3) is 5.91 Å². The maximum atomic E-state index is 13.4. The number of nitrogens with one attached hydrogen (secondary N) is 2. The zero-order valence-electron chi connectivity index (χ0n) is 18.8. The molecule has 7 nitrogen and oxygen atoms in total. The molecule has 2 amide bonds. The number of ether oxygens (including phenoxy) is 2.